The predicted octanol–water partition coefficient (Wildman–Crippen LogP) is 2.39. The van der Waals surface area contributed by atoms with Crippen molar-refractivity contribution in [3.8, 4) is 0 Å². The predicted molar refractivity (Wildman–Crippen MR) is 77.8 cm³/mol. The summed E-state index contributed by atoms with van der Waals surface area (Å²) in [4.78, 5) is 0. The van der Waals surface area contributed by atoms with Crippen LogP contribution in [0.4, 0.5) is 0 Å². The normalized spacial score (nSPS) is 35.4. The third-order valence-electron chi connectivity index (χ3n) is 3.63. The smallest absolute Gasteiger partial charge is 0.0308 e. The molecule has 4 atom stereocenters. The SMILES string of the molecule is CC(CI)NC1CCCC2=CC=CC(N)C21. The molecule has 2 nitrogen and oxygen atoms in total. The highest BCUT2D eigenvalue weighted by atomic mass is 127. The van der Waals surface area contributed by atoms with Gasteiger partial charge in [-0.15, -0.1) is 0 Å². The molecule has 0 spiro atoms. The monoisotopic (exact) mass is 332 g/mol. The summed E-state index contributed by atoms with van der Waals surface area (Å²) in [5.74, 6) is 0.532. The number of allylic oxidation sites excluding steroid dienone is 2. The zero-order valence-corrected chi connectivity index (χ0v) is 12.0. The van der Waals surface area contributed by atoms with E-state index >= 15 is 0 Å². The summed E-state index contributed by atoms with van der Waals surface area (Å²) in [5.41, 5.74) is 7.78. The minimum atomic E-state index is 0.208. The quantitative estimate of drug-likeness (QED) is 0.615. The van der Waals surface area contributed by atoms with Crippen LogP contribution in [-0.2, 0) is 0 Å². The summed E-state index contributed by atoms with van der Waals surface area (Å²) >= 11 is 2.44. The molecular formula is C13H21IN2. The lowest BCUT2D eigenvalue weighted by Crippen LogP contribution is -2.51. The first kappa shape index (κ1) is 12.6. The Bertz CT molecular complexity index is 298. The van der Waals surface area contributed by atoms with Crippen molar-refractivity contribution in [2.75, 3.05) is 4.43 Å². The maximum Gasteiger partial charge on any atom is 0.0308 e. The molecule has 1 saturated carbocycles. The van der Waals surface area contributed by atoms with Crippen LogP contribution in [-0.4, -0.2) is 22.6 Å². The van der Waals surface area contributed by atoms with Crippen molar-refractivity contribution in [2.24, 2.45) is 11.7 Å². The van der Waals surface area contributed by atoms with Crippen molar-refractivity contribution in [1.29, 1.82) is 0 Å². The first-order valence-electron chi connectivity index (χ1n) is 6.17. The second-order valence-electron chi connectivity index (χ2n) is 4.95. The number of fused-ring (bicyclic) bond motifs is 1. The van der Waals surface area contributed by atoms with Crippen LogP contribution in [0.1, 0.15) is 26.2 Å². The van der Waals surface area contributed by atoms with Crippen LogP contribution in [0, 0.1) is 5.92 Å². The molecule has 0 amide bonds. The maximum absolute atomic E-state index is 6.23. The number of alkyl halides is 1. The van der Waals surface area contributed by atoms with Crippen molar-refractivity contribution >= 4 is 22.6 Å². The van der Waals surface area contributed by atoms with Crippen LogP contribution < -0.4 is 11.1 Å². The molecule has 2 rings (SSSR count). The Kier molecular flexibility index (Phi) is 4.44. The van der Waals surface area contributed by atoms with Gasteiger partial charge < -0.3 is 11.1 Å². The van der Waals surface area contributed by atoms with E-state index in [0.29, 0.717) is 18.0 Å². The summed E-state index contributed by atoms with van der Waals surface area (Å²) in [6, 6.07) is 1.37. The molecule has 3 N–H and O–H groups in total. The topological polar surface area (TPSA) is 38.0 Å². The van der Waals surface area contributed by atoms with E-state index in [9.17, 15) is 0 Å². The lowest BCUT2D eigenvalue weighted by molar-refractivity contribution is 0.290. The van der Waals surface area contributed by atoms with Gasteiger partial charge in [-0.3, -0.25) is 0 Å². The van der Waals surface area contributed by atoms with Crippen molar-refractivity contribution in [3.63, 3.8) is 0 Å². The molecule has 0 saturated heterocycles. The van der Waals surface area contributed by atoms with Gasteiger partial charge in [0.05, 0.1) is 0 Å². The Morgan fingerprint density at radius 1 is 1.62 bits per heavy atom. The number of rotatable bonds is 3. The van der Waals surface area contributed by atoms with Gasteiger partial charge in [0.2, 0.25) is 0 Å². The second kappa shape index (κ2) is 5.65. The van der Waals surface area contributed by atoms with Crippen LogP contribution in [0.5, 0.6) is 0 Å². The molecular weight excluding hydrogens is 311 g/mol. The lowest BCUT2D eigenvalue weighted by atomic mass is 9.74. The molecule has 2 aliphatic carbocycles. The highest BCUT2D eigenvalue weighted by molar-refractivity contribution is 14.1. The number of halogens is 1. The molecule has 16 heavy (non-hydrogen) atoms. The Balaban J connectivity index is 2.08. The standard InChI is InChI=1S/C13H21IN2/c1-9(8-14)16-12-7-3-5-10-4-2-6-11(15)13(10)12/h2,4,6,9,11-13,16H,3,5,7-8,15H2,1H3. The van der Waals surface area contributed by atoms with Gasteiger partial charge in [0.25, 0.3) is 0 Å². The first-order chi connectivity index (χ1) is 7.72. The van der Waals surface area contributed by atoms with E-state index in [4.69, 9.17) is 5.73 Å². The molecule has 2 aliphatic rings. The van der Waals surface area contributed by atoms with Gasteiger partial charge in [-0.25, -0.2) is 0 Å². The summed E-state index contributed by atoms with van der Waals surface area (Å²) in [5, 5.41) is 3.74. The number of nitrogens with one attached hydrogen (secondary N) is 1. The Morgan fingerprint density at radius 2 is 2.44 bits per heavy atom. The zero-order chi connectivity index (χ0) is 11.5. The highest BCUT2D eigenvalue weighted by Gasteiger charge is 2.33. The molecule has 1 fully saturated rings. The number of hydrogen-bond acceptors (Lipinski definition) is 2. The Morgan fingerprint density at radius 3 is 3.19 bits per heavy atom. The van der Waals surface area contributed by atoms with E-state index in [2.05, 4.69) is 53.1 Å². The van der Waals surface area contributed by atoms with E-state index < -0.39 is 0 Å². The molecule has 0 heterocycles. The van der Waals surface area contributed by atoms with Crippen molar-refractivity contribution in [1.82, 2.24) is 5.32 Å². The molecule has 0 aliphatic heterocycles. The van der Waals surface area contributed by atoms with Crippen molar-refractivity contribution < 1.29 is 0 Å². The van der Waals surface area contributed by atoms with E-state index in [-0.39, 0.29) is 6.04 Å². The average molecular weight is 332 g/mol. The van der Waals surface area contributed by atoms with Crippen LogP contribution in [0.3, 0.4) is 0 Å². The maximum atomic E-state index is 6.23. The molecule has 3 heteroatoms. The van der Waals surface area contributed by atoms with Gasteiger partial charge in [0.1, 0.15) is 0 Å². The first-order valence-corrected chi connectivity index (χ1v) is 7.69. The molecule has 4 unspecified atom stereocenters. The fraction of sp³-hybridized carbons (Fsp3) is 0.692. The third kappa shape index (κ3) is 2.68. The van der Waals surface area contributed by atoms with Gasteiger partial charge in [-0.05, 0) is 26.2 Å². The number of nitrogens with two attached hydrogens (primary N) is 1. The zero-order valence-electron chi connectivity index (χ0n) is 9.83. The van der Waals surface area contributed by atoms with E-state index in [1.807, 2.05) is 0 Å². The van der Waals surface area contributed by atoms with E-state index in [0.717, 1.165) is 4.43 Å². The van der Waals surface area contributed by atoms with E-state index in [1.165, 1.54) is 19.3 Å². The fourth-order valence-corrected chi connectivity index (χ4v) is 3.12. The van der Waals surface area contributed by atoms with E-state index in [1.54, 1.807) is 5.57 Å². The summed E-state index contributed by atoms with van der Waals surface area (Å²) in [6.45, 7) is 2.26. The average Bonchev–Trinajstić information content (AvgIpc) is 2.29. The third-order valence-corrected chi connectivity index (χ3v) is 4.95. The summed E-state index contributed by atoms with van der Waals surface area (Å²) in [7, 11) is 0. The summed E-state index contributed by atoms with van der Waals surface area (Å²) < 4.78 is 1.16. The minimum absolute atomic E-state index is 0.208. The van der Waals surface area contributed by atoms with Crippen LogP contribution in [0.15, 0.2) is 23.8 Å². The second-order valence-corrected chi connectivity index (χ2v) is 5.83. The van der Waals surface area contributed by atoms with Crippen molar-refractivity contribution in [3.05, 3.63) is 23.8 Å². The van der Waals surface area contributed by atoms with Crippen LogP contribution >= 0.6 is 22.6 Å². The number of hydrogen-bond donors (Lipinski definition) is 2. The van der Waals surface area contributed by atoms with Gasteiger partial charge in [-0.1, -0.05) is 46.4 Å². The van der Waals surface area contributed by atoms with Gasteiger partial charge in [0, 0.05) is 28.5 Å². The largest absolute Gasteiger partial charge is 0.324 e. The van der Waals surface area contributed by atoms with Gasteiger partial charge >= 0.3 is 0 Å². The fourth-order valence-electron chi connectivity index (χ4n) is 2.86. The Labute approximate surface area is 112 Å². The molecule has 0 aromatic heterocycles. The van der Waals surface area contributed by atoms with Gasteiger partial charge in [-0.2, -0.15) is 0 Å². The lowest BCUT2D eigenvalue weighted by Gasteiger charge is -2.39. The van der Waals surface area contributed by atoms with Crippen LogP contribution in [0.25, 0.3) is 0 Å². The summed E-state index contributed by atoms with van der Waals surface area (Å²) in [6.07, 6.45) is 10.3. The minimum Gasteiger partial charge on any atom is -0.324 e. The van der Waals surface area contributed by atoms with Crippen molar-refractivity contribution in [2.45, 2.75) is 44.3 Å². The molecule has 90 valence electrons. The molecule has 0 aromatic rings. The molecule has 0 bridgehead atoms. The Hall–Kier alpha value is 0.130. The molecule has 0 aromatic carbocycles. The van der Waals surface area contributed by atoms with Gasteiger partial charge in [0.15, 0.2) is 0 Å². The molecule has 0 radical (unpaired) electrons. The highest BCUT2D eigenvalue weighted by Crippen LogP contribution is 2.34. The van der Waals surface area contributed by atoms with Crippen LogP contribution in [0.2, 0.25) is 0 Å².